The molecule has 8 aliphatic rings. The second-order valence-corrected chi connectivity index (χ2v) is 30.9. The fourth-order valence-electron chi connectivity index (χ4n) is 11.6. The van der Waals surface area contributed by atoms with E-state index >= 15 is 0 Å². The molecule has 0 aromatic carbocycles. The third-order valence-corrected chi connectivity index (χ3v) is 17.7. The Morgan fingerprint density at radius 2 is 0.634 bits per heavy atom. The van der Waals surface area contributed by atoms with Crippen molar-refractivity contribution in [3.05, 3.63) is 0 Å². The zero-order valence-corrected chi connectivity index (χ0v) is 53.4. The SMILES string of the molecule is CC(C)(C)C.CC1CCC2(CC1)CCC(C)(C)CC2.CC1CCC2(CCCC2)CC1.CC1CCC2(CCCCC2)CC1.[2H]C([2H])(C)C(C)(C)C.[2H]C([2H])(C)C(C)C.[2H]C([2H])([2H])C(C)(C)C.[2H]C1(C)CCCC1.[2H]C1(C)CCCCC1. The van der Waals surface area contributed by atoms with E-state index in [4.69, 9.17) is 12.3 Å². The highest BCUT2D eigenvalue weighted by molar-refractivity contribution is 4.92. The van der Waals surface area contributed by atoms with E-state index in [0.717, 1.165) is 59.7 Å². The monoisotopic (exact) mass is 1010 g/mol. The average molecular weight is 1010 g/mol. The molecule has 0 heterocycles. The maximum Gasteiger partial charge on any atom is 0.0300 e. The second kappa shape index (κ2) is 36.2. The summed E-state index contributed by atoms with van der Waals surface area (Å²) < 4.78 is 64.5. The molecule has 0 nitrogen and oxygen atoms in total. The largest absolute Gasteiger partial charge is 0.0651 e. The lowest BCUT2D eigenvalue weighted by Crippen LogP contribution is -2.34. The van der Waals surface area contributed by atoms with E-state index in [-0.39, 0.29) is 23.1 Å². The number of rotatable bonds is 1. The van der Waals surface area contributed by atoms with Gasteiger partial charge in [-0.15, -0.1) is 0 Å². The highest BCUT2D eigenvalue weighted by atomic mass is 14.5. The van der Waals surface area contributed by atoms with E-state index in [2.05, 4.69) is 62.3 Å². The highest BCUT2D eigenvalue weighted by Gasteiger charge is 2.40. The summed E-state index contributed by atoms with van der Waals surface area (Å²) in [4.78, 5) is 0. The molecule has 0 unspecified atom stereocenters. The van der Waals surface area contributed by atoms with E-state index in [9.17, 15) is 0 Å². The van der Waals surface area contributed by atoms with Crippen LogP contribution in [-0.2, 0) is 0 Å². The Balaban J connectivity index is 0.000000892. The van der Waals surface area contributed by atoms with E-state index in [1.807, 2.05) is 48.5 Å². The third-order valence-electron chi connectivity index (χ3n) is 17.7. The molecule has 0 N–H and O–H groups in total. The Morgan fingerprint density at radius 1 is 0.408 bits per heavy atom. The molecule has 0 aromatic heterocycles. The summed E-state index contributed by atoms with van der Waals surface area (Å²) >= 11 is 0. The molecule has 8 rings (SSSR count). The van der Waals surface area contributed by atoms with Crippen LogP contribution in [0.15, 0.2) is 0 Å². The minimum Gasteiger partial charge on any atom is -0.0651 e. The minimum atomic E-state index is -1.81. The number of hydrogen-bond acceptors (Lipinski definition) is 0. The molecular weight excluding hydrogens is 853 g/mol. The van der Waals surface area contributed by atoms with Crippen molar-refractivity contribution in [2.75, 3.05) is 0 Å². The smallest absolute Gasteiger partial charge is 0.0300 e. The van der Waals surface area contributed by atoms with Crippen molar-refractivity contribution in [3.63, 3.8) is 0 Å². The van der Waals surface area contributed by atoms with Gasteiger partial charge in [-0.3, -0.25) is 0 Å². The summed E-state index contributed by atoms with van der Waals surface area (Å²) in [7, 11) is 0. The van der Waals surface area contributed by atoms with Crippen LogP contribution in [0.1, 0.15) is 396 Å². The predicted molar refractivity (Wildman–Crippen MR) is 329 cm³/mol. The molecule has 0 amide bonds. The Kier molecular flexibility index (Phi) is 28.4. The van der Waals surface area contributed by atoms with Crippen molar-refractivity contribution in [2.24, 2.45) is 73.4 Å². The van der Waals surface area contributed by atoms with E-state index in [1.54, 1.807) is 86.0 Å². The first-order valence-corrected chi connectivity index (χ1v) is 31.5. The van der Waals surface area contributed by atoms with Crippen molar-refractivity contribution in [2.45, 2.75) is 383 Å². The summed E-state index contributed by atoms with van der Waals surface area (Å²) in [6.07, 6.45) is 47.0. The third kappa shape index (κ3) is 40.9. The predicted octanol–water partition coefficient (Wildman–Crippen LogP) is 26.1. The van der Waals surface area contributed by atoms with Crippen molar-refractivity contribution < 1.29 is 12.3 Å². The van der Waals surface area contributed by atoms with Gasteiger partial charge in [-0.25, -0.2) is 0 Å². The Bertz CT molecular complexity index is 1460. The molecular formula is C71H144. The fourth-order valence-corrected chi connectivity index (χ4v) is 11.6. The summed E-state index contributed by atoms with van der Waals surface area (Å²) in [5, 5.41) is 0. The van der Waals surface area contributed by atoms with Crippen molar-refractivity contribution in [3.8, 4) is 0 Å². The van der Waals surface area contributed by atoms with Crippen LogP contribution < -0.4 is 0 Å². The topological polar surface area (TPSA) is 0 Å². The first-order chi connectivity index (χ1) is 36.0. The van der Waals surface area contributed by atoms with Gasteiger partial charge in [0, 0.05) is 12.3 Å². The van der Waals surface area contributed by atoms with Crippen LogP contribution in [0.5, 0.6) is 0 Å². The van der Waals surface area contributed by atoms with Gasteiger partial charge in [-0.2, -0.15) is 0 Å². The van der Waals surface area contributed by atoms with Crippen LogP contribution >= 0.6 is 0 Å². The first-order valence-electron chi connectivity index (χ1n) is 36.0. The van der Waals surface area contributed by atoms with Crippen molar-refractivity contribution in [1.29, 1.82) is 0 Å². The molecule has 0 heteroatoms. The van der Waals surface area contributed by atoms with Crippen molar-refractivity contribution in [1.82, 2.24) is 0 Å². The van der Waals surface area contributed by atoms with Gasteiger partial charge in [0.1, 0.15) is 0 Å². The van der Waals surface area contributed by atoms with E-state index in [1.165, 1.54) is 141 Å². The Hall–Kier alpha value is 0. The average Bonchev–Trinajstić information content (AvgIpc) is 3.95. The molecule has 8 aliphatic carbocycles. The molecule has 0 bridgehead atoms. The van der Waals surface area contributed by atoms with Gasteiger partial charge in [0.2, 0.25) is 0 Å². The van der Waals surface area contributed by atoms with Crippen LogP contribution in [0.2, 0.25) is 0 Å². The van der Waals surface area contributed by atoms with Gasteiger partial charge in [-0.05, 0) is 163 Å². The van der Waals surface area contributed by atoms with Crippen LogP contribution in [-0.4, -0.2) is 0 Å². The summed E-state index contributed by atoms with van der Waals surface area (Å²) in [6, 6.07) is 0. The van der Waals surface area contributed by atoms with Gasteiger partial charge < -0.3 is 0 Å². The highest BCUT2D eigenvalue weighted by Crippen LogP contribution is 2.53. The molecule has 0 aliphatic heterocycles. The van der Waals surface area contributed by atoms with Gasteiger partial charge in [0.25, 0.3) is 0 Å². The lowest BCUT2D eigenvalue weighted by Gasteiger charge is -2.47. The van der Waals surface area contributed by atoms with Crippen LogP contribution in [0.25, 0.3) is 0 Å². The zero-order chi connectivity index (χ0) is 62.4. The Labute approximate surface area is 467 Å². The van der Waals surface area contributed by atoms with Gasteiger partial charge in [0.15, 0.2) is 0 Å². The maximum absolute atomic E-state index is 7.63. The quantitative estimate of drug-likeness (QED) is 0.246. The zero-order valence-electron chi connectivity index (χ0n) is 62.4. The molecule has 71 heavy (non-hydrogen) atoms. The maximum atomic E-state index is 7.63. The Morgan fingerprint density at radius 3 is 0.845 bits per heavy atom. The van der Waals surface area contributed by atoms with Crippen LogP contribution in [0.4, 0.5) is 0 Å². The first kappa shape index (κ1) is 55.7. The van der Waals surface area contributed by atoms with Crippen LogP contribution in [0.3, 0.4) is 0 Å². The molecule has 8 saturated carbocycles. The van der Waals surface area contributed by atoms with Crippen molar-refractivity contribution >= 4 is 0 Å². The molecule has 3 spiro atoms. The summed E-state index contributed by atoms with van der Waals surface area (Å²) in [5.41, 5.74) is 2.84. The molecule has 0 atom stereocenters. The van der Waals surface area contributed by atoms with Gasteiger partial charge in [-0.1, -0.05) is 293 Å². The molecule has 0 aromatic rings. The number of hydrogen-bond donors (Lipinski definition) is 0. The molecule has 428 valence electrons. The minimum absolute atomic E-state index is 0.0556. The van der Waals surface area contributed by atoms with E-state index in [0.29, 0.717) is 10.8 Å². The normalized spacial score (nSPS) is 27.7. The second-order valence-electron chi connectivity index (χ2n) is 30.9. The molecule has 0 radical (unpaired) electrons. The lowest BCUT2D eigenvalue weighted by molar-refractivity contribution is 0.0511. The summed E-state index contributed by atoms with van der Waals surface area (Å²) in [5.74, 6) is 3.07. The lowest BCUT2D eigenvalue weighted by atomic mass is 9.59. The molecule has 0 saturated heterocycles. The summed E-state index contributed by atoms with van der Waals surface area (Å²) in [6.45, 7) is 40.9. The molecule has 8 fully saturated rings. The van der Waals surface area contributed by atoms with Gasteiger partial charge in [0.05, 0.1) is 0 Å². The fraction of sp³-hybridized carbons (Fsp3) is 1.00. The van der Waals surface area contributed by atoms with Gasteiger partial charge >= 0.3 is 0 Å². The van der Waals surface area contributed by atoms with Crippen LogP contribution in [0, 0.1) is 73.4 Å². The standard InChI is InChI=1S/C14H26.C12H22.C11H20.C7H14.C6H12.C6H14.3C5H12/c1-12-4-6-14(7-5-12)10-8-13(2,3)9-11-14;1-11-5-9-12(10-6-11)7-3-2-4-8-12;1-10-4-8-11(9-5-10)6-2-3-7-11;1-7-5-3-2-4-6-7;1-6-4-2-3-5-6;1-5-6(2,3)4;2*1-5(2,3)4;1-4-5(2)3/h12H,4-11H2,1-3H3;11H,2-10H2,1H3;10H,2-9H2,1H3;7H,2-6H2,1H3;6H,2-5H2,1H3;5H2,1-4H3;2*1-4H3;5H,4H2,1-3H3/i;;;7D;6D;5D2;1D3;;4D2. The van der Waals surface area contributed by atoms with E-state index < -0.39 is 25.0 Å².